The number of amides is 2. The van der Waals surface area contributed by atoms with Gasteiger partial charge >= 0.3 is 0 Å². The standard InChI is InChI=1S/C28H31BrN2O2/c1-3-17-30-28(33)21(2)31(20-22-11-10-16-25(29)18-22)27(32)19-26(23-12-6-4-7-13-23)24-14-8-5-9-15-24/h4-16,18,21,26H,3,17,19-20H2,1-2H3,(H,30,33)/t21-/m1/s1. The van der Waals surface area contributed by atoms with Crippen molar-refractivity contribution < 1.29 is 9.59 Å². The maximum absolute atomic E-state index is 13.7. The lowest BCUT2D eigenvalue weighted by atomic mass is 9.88. The maximum atomic E-state index is 13.7. The van der Waals surface area contributed by atoms with Crippen LogP contribution in [-0.2, 0) is 16.1 Å². The third kappa shape index (κ3) is 7.03. The average molecular weight is 507 g/mol. The van der Waals surface area contributed by atoms with Gasteiger partial charge in [0, 0.05) is 29.9 Å². The van der Waals surface area contributed by atoms with Crippen LogP contribution in [-0.4, -0.2) is 29.3 Å². The Morgan fingerprint density at radius 1 is 0.909 bits per heavy atom. The zero-order chi connectivity index (χ0) is 23.6. The summed E-state index contributed by atoms with van der Waals surface area (Å²) in [4.78, 5) is 28.3. The summed E-state index contributed by atoms with van der Waals surface area (Å²) < 4.78 is 0.946. The van der Waals surface area contributed by atoms with Crippen molar-refractivity contribution in [1.29, 1.82) is 0 Å². The van der Waals surface area contributed by atoms with E-state index in [1.807, 2.05) is 67.6 Å². The molecule has 0 aliphatic rings. The van der Waals surface area contributed by atoms with Crippen LogP contribution < -0.4 is 5.32 Å². The molecule has 0 fully saturated rings. The molecular weight excluding hydrogens is 476 g/mol. The molecule has 2 amide bonds. The van der Waals surface area contributed by atoms with Crippen LogP contribution in [0.25, 0.3) is 0 Å². The van der Waals surface area contributed by atoms with E-state index in [2.05, 4.69) is 45.5 Å². The van der Waals surface area contributed by atoms with E-state index >= 15 is 0 Å². The minimum atomic E-state index is -0.574. The Labute approximate surface area is 205 Å². The first-order valence-electron chi connectivity index (χ1n) is 11.4. The number of carbonyl (C=O) groups excluding carboxylic acids is 2. The smallest absolute Gasteiger partial charge is 0.242 e. The number of hydrogen-bond donors (Lipinski definition) is 1. The minimum absolute atomic E-state index is 0.0492. The predicted molar refractivity (Wildman–Crippen MR) is 137 cm³/mol. The Morgan fingerprint density at radius 2 is 1.52 bits per heavy atom. The third-order valence-electron chi connectivity index (χ3n) is 5.74. The summed E-state index contributed by atoms with van der Waals surface area (Å²) in [5.74, 6) is -0.265. The van der Waals surface area contributed by atoms with E-state index in [0.29, 0.717) is 13.1 Å². The largest absolute Gasteiger partial charge is 0.354 e. The molecule has 3 rings (SSSR count). The number of nitrogens with zero attached hydrogens (tertiary/aromatic N) is 1. The van der Waals surface area contributed by atoms with Crippen molar-refractivity contribution in [2.45, 2.75) is 45.2 Å². The summed E-state index contributed by atoms with van der Waals surface area (Å²) >= 11 is 3.51. The molecule has 172 valence electrons. The topological polar surface area (TPSA) is 49.4 Å². The molecule has 0 bridgehead atoms. The number of nitrogens with one attached hydrogen (secondary N) is 1. The molecule has 0 spiro atoms. The molecule has 0 heterocycles. The summed E-state index contributed by atoms with van der Waals surface area (Å²) in [5.41, 5.74) is 3.15. The molecule has 3 aromatic rings. The zero-order valence-corrected chi connectivity index (χ0v) is 20.8. The van der Waals surface area contributed by atoms with Crippen LogP contribution in [0.5, 0.6) is 0 Å². The third-order valence-corrected chi connectivity index (χ3v) is 6.23. The molecule has 1 atom stereocenters. The molecule has 5 heteroatoms. The lowest BCUT2D eigenvalue weighted by Crippen LogP contribution is -2.48. The first kappa shape index (κ1) is 24.7. The molecular formula is C28H31BrN2O2. The van der Waals surface area contributed by atoms with Crippen LogP contribution in [0.15, 0.2) is 89.4 Å². The monoisotopic (exact) mass is 506 g/mol. The van der Waals surface area contributed by atoms with E-state index in [9.17, 15) is 9.59 Å². The van der Waals surface area contributed by atoms with Crippen LogP contribution in [0, 0.1) is 0 Å². The highest BCUT2D eigenvalue weighted by Gasteiger charge is 2.28. The van der Waals surface area contributed by atoms with E-state index in [1.54, 1.807) is 11.8 Å². The number of rotatable bonds is 10. The van der Waals surface area contributed by atoms with Gasteiger partial charge in [-0.2, -0.15) is 0 Å². The van der Waals surface area contributed by atoms with Gasteiger partial charge in [0.1, 0.15) is 6.04 Å². The molecule has 0 radical (unpaired) electrons. The molecule has 33 heavy (non-hydrogen) atoms. The number of carbonyl (C=O) groups is 2. The van der Waals surface area contributed by atoms with Crippen LogP contribution in [0.1, 0.15) is 49.3 Å². The first-order chi connectivity index (χ1) is 16.0. The van der Waals surface area contributed by atoms with Crippen LogP contribution in [0.4, 0.5) is 0 Å². The first-order valence-corrected chi connectivity index (χ1v) is 12.2. The highest BCUT2D eigenvalue weighted by Crippen LogP contribution is 2.29. The number of benzene rings is 3. The zero-order valence-electron chi connectivity index (χ0n) is 19.2. The van der Waals surface area contributed by atoms with Crippen molar-refractivity contribution >= 4 is 27.7 Å². The quantitative estimate of drug-likeness (QED) is 0.371. The van der Waals surface area contributed by atoms with Crippen molar-refractivity contribution in [2.24, 2.45) is 0 Å². The van der Waals surface area contributed by atoms with Gasteiger partial charge in [-0.05, 0) is 42.2 Å². The van der Waals surface area contributed by atoms with Gasteiger partial charge in [0.15, 0.2) is 0 Å². The van der Waals surface area contributed by atoms with E-state index in [-0.39, 0.29) is 24.2 Å². The van der Waals surface area contributed by atoms with Gasteiger partial charge in [-0.1, -0.05) is 95.7 Å². The summed E-state index contributed by atoms with van der Waals surface area (Å²) in [6.07, 6.45) is 1.13. The lowest BCUT2D eigenvalue weighted by Gasteiger charge is -2.30. The fraction of sp³-hybridized carbons (Fsp3) is 0.286. The van der Waals surface area contributed by atoms with Gasteiger partial charge in [-0.25, -0.2) is 0 Å². The van der Waals surface area contributed by atoms with Gasteiger partial charge in [0.05, 0.1) is 0 Å². The molecule has 0 aliphatic heterocycles. The van der Waals surface area contributed by atoms with Crippen LogP contribution >= 0.6 is 15.9 Å². The van der Waals surface area contributed by atoms with E-state index < -0.39 is 6.04 Å². The van der Waals surface area contributed by atoms with Crippen LogP contribution in [0.2, 0.25) is 0 Å². The summed E-state index contributed by atoms with van der Waals surface area (Å²) in [6, 6.07) is 27.5. The van der Waals surface area contributed by atoms with Gasteiger partial charge in [0.2, 0.25) is 11.8 Å². The summed E-state index contributed by atoms with van der Waals surface area (Å²) in [6.45, 7) is 4.79. The van der Waals surface area contributed by atoms with Crippen molar-refractivity contribution in [3.05, 3.63) is 106 Å². The Hall–Kier alpha value is -2.92. The van der Waals surface area contributed by atoms with Gasteiger partial charge < -0.3 is 10.2 Å². The SMILES string of the molecule is CCCNC(=O)[C@@H](C)N(Cc1cccc(Br)c1)C(=O)CC(c1ccccc1)c1ccccc1. The van der Waals surface area contributed by atoms with E-state index in [4.69, 9.17) is 0 Å². The van der Waals surface area contributed by atoms with Gasteiger partial charge in [-0.3, -0.25) is 9.59 Å². The molecule has 0 aliphatic carbocycles. The second-order valence-corrected chi connectivity index (χ2v) is 9.11. The molecule has 4 nitrogen and oxygen atoms in total. The Balaban J connectivity index is 1.90. The molecule has 0 saturated carbocycles. The van der Waals surface area contributed by atoms with Crippen molar-refractivity contribution in [3.8, 4) is 0 Å². The van der Waals surface area contributed by atoms with Gasteiger partial charge in [-0.15, -0.1) is 0 Å². The second-order valence-electron chi connectivity index (χ2n) is 8.20. The molecule has 0 unspecified atom stereocenters. The highest BCUT2D eigenvalue weighted by molar-refractivity contribution is 9.10. The molecule has 1 N–H and O–H groups in total. The Bertz CT molecular complexity index is 1000. The minimum Gasteiger partial charge on any atom is -0.354 e. The van der Waals surface area contributed by atoms with E-state index in [1.165, 1.54) is 0 Å². The maximum Gasteiger partial charge on any atom is 0.242 e. The number of hydrogen-bond acceptors (Lipinski definition) is 2. The number of halogens is 1. The summed E-state index contributed by atoms with van der Waals surface area (Å²) in [7, 11) is 0. The lowest BCUT2D eigenvalue weighted by molar-refractivity contribution is -0.140. The van der Waals surface area contributed by atoms with Gasteiger partial charge in [0.25, 0.3) is 0 Å². The summed E-state index contributed by atoms with van der Waals surface area (Å²) in [5, 5.41) is 2.94. The average Bonchev–Trinajstić information content (AvgIpc) is 2.85. The van der Waals surface area contributed by atoms with Crippen molar-refractivity contribution in [3.63, 3.8) is 0 Å². The fourth-order valence-electron chi connectivity index (χ4n) is 3.90. The van der Waals surface area contributed by atoms with Crippen molar-refractivity contribution in [1.82, 2.24) is 10.2 Å². The van der Waals surface area contributed by atoms with E-state index in [0.717, 1.165) is 27.6 Å². The molecule has 0 aromatic heterocycles. The Morgan fingerprint density at radius 3 is 2.06 bits per heavy atom. The Kier molecular flexibility index (Phi) is 9.25. The predicted octanol–water partition coefficient (Wildman–Crippen LogP) is 5.91. The molecule has 0 saturated heterocycles. The van der Waals surface area contributed by atoms with Crippen LogP contribution in [0.3, 0.4) is 0 Å². The highest BCUT2D eigenvalue weighted by atomic mass is 79.9. The van der Waals surface area contributed by atoms with Crippen molar-refractivity contribution in [2.75, 3.05) is 6.54 Å². The molecule has 3 aromatic carbocycles. The normalized spacial score (nSPS) is 11.8. The second kappa shape index (κ2) is 12.4. The fourth-order valence-corrected chi connectivity index (χ4v) is 4.35.